The van der Waals surface area contributed by atoms with Gasteiger partial charge in [-0.3, -0.25) is 9.59 Å². The Hall–Kier alpha value is -2.71. The lowest BCUT2D eigenvalue weighted by molar-refractivity contribution is -0.123. The molecule has 0 fully saturated rings. The molecule has 0 bridgehead atoms. The van der Waals surface area contributed by atoms with Crippen LogP contribution in [0.2, 0.25) is 0 Å². The Labute approximate surface area is 178 Å². The van der Waals surface area contributed by atoms with Gasteiger partial charge in [-0.1, -0.05) is 51.1 Å². The molecular formula is C22H29N3O4S. The van der Waals surface area contributed by atoms with Crippen molar-refractivity contribution in [3.8, 4) is 0 Å². The second kappa shape index (κ2) is 10.4. The minimum Gasteiger partial charge on any atom is -0.351 e. The molecule has 0 saturated carbocycles. The highest BCUT2D eigenvalue weighted by Gasteiger charge is 2.21. The number of nitrogens with one attached hydrogen (secondary N) is 3. The molecule has 30 heavy (non-hydrogen) atoms. The Kier molecular flexibility index (Phi) is 8.14. The molecule has 2 rings (SSSR count). The minimum atomic E-state index is -3.41. The Bertz CT molecular complexity index is 950. The van der Waals surface area contributed by atoms with Crippen LogP contribution in [0.15, 0.2) is 54.6 Å². The molecule has 0 atom stereocenters. The molecule has 162 valence electrons. The Morgan fingerprint density at radius 3 is 2.13 bits per heavy atom. The third-order valence-electron chi connectivity index (χ3n) is 4.32. The molecule has 3 N–H and O–H groups in total. The van der Waals surface area contributed by atoms with E-state index in [0.717, 1.165) is 5.56 Å². The second-order valence-corrected chi connectivity index (χ2v) is 9.91. The molecule has 7 nitrogen and oxygen atoms in total. The maximum absolute atomic E-state index is 12.2. The zero-order chi connectivity index (χ0) is 22.2. The van der Waals surface area contributed by atoms with E-state index in [4.69, 9.17) is 0 Å². The van der Waals surface area contributed by atoms with Crippen molar-refractivity contribution in [2.45, 2.75) is 27.2 Å². The van der Waals surface area contributed by atoms with Gasteiger partial charge >= 0.3 is 0 Å². The van der Waals surface area contributed by atoms with Crippen LogP contribution in [0.3, 0.4) is 0 Å². The number of hydrogen-bond acceptors (Lipinski definition) is 4. The van der Waals surface area contributed by atoms with Gasteiger partial charge in [-0.15, -0.1) is 0 Å². The summed E-state index contributed by atoms with van der Waals surface area (Å²) in [6, 6.07) is 15.9. The van der Waals surface area contributed by atoms with E-state index in [1.165, 1.54) is 0 Å². The van der Waals surface area contributed by atoms with Gasteiger partial charge in [0.05, 0.1) is 5.75 Å². The lowest BCUT2D eigenvalue weighted by Crippen LogP contribution is -2.36. The van der Waals surface area contributed by atoms with E-state index in [2.05, 4.69) is 15.4 Å². The fourth-order valence-corrected chi connectivity index (χ4v) is 3.54. The van der Waals surface area contributed by atoms with E-state index >= 15 is 0 Å². The van der Waals surface area contributed by atoms with Crippen LogP contribution >= 0.6 is 0 Å². The quantitative estimate of drug-likeness (QED) is 0.531. The fraction of sp³-hybridized carbons (Fsp3) is 0.364. The van der Waals surface area contributed by atoms with Crippen molar-refractivity contribution < 1.29 is 18.0 Å². The number of amides is 2. The summed E-state index contributed by atoms with van der Waals surface area (Å²) in [5, 5.41) is 5.47. The van der Waals surface area contributed by atoms with Crippen LogP contribution in [0.5, 0.6) is 0 Å². The van der Waals surface area contributed by atoms with Gasteiger partial charge in [0.2, 0.25) is 15.9 Å². The van der Waals surface area contributed by atoms with Gasteiger partial charge in [-0.25, -0.2) is 13.1 Å². The summed E-state index contributed by atoms with van der Waals surface area (Å²) in [6.07, 6.45) is 0.431. The number of aryl methyl sites for hydroxylation is 1. The highest BCUT2D eigenvalue weighted by atomic mass is 32.2. The van der Waals surface area contributed by atoms with Gasteiger partial charge in [0.25, 0.3) is 5.91 Å². The van der Waals surface area contributed by atoms with Gasteiger partial charge in [0.15, 0.2) is 0 Å². The highest BCUT2D eigenvalue weighted by Crippen LogP contribution is 2.17. The number of rotatable bonds is 9. The van der Waals surface area contributed by atoms with Gasteiger partial charge in [0.1, 0.15) is 0 Å². The van der Waals surface area contributed by atoms with Crippen molar-refractivity contribution >= 4 is 27.5 Å². The van der Waals surface area contributed by atoms with Gasteiger partial charge in [-0.05, 0) is 36.2 Å². The molecule has 0 radical (unpaired) electrons. The average Bonchev–Trinajstić information content (AvgIpc) is 2.70. The SMILES string of the molecule is CC(C)(C)C(=O)Nc1ccc(C(=O)NCCNS(=O)(=O)CCc2ccccc2)cc1. The largest absolute Gasteiger partial charge is 0.351 e. The van der Waals surface area contributed by atoms with Crippen molar-refractivity contribution in [1.29, 1.82) is 0 Å². The van der Waals surface area contributed by atoms with Crippen LogP contribution in [-0.2, 0) is 21.2 Å². The maximum atomic E-state index is 12.2. The molecule has 0 unspecified atom stereocenters. The molecule has 0 aliphatic heterocycles. The maximum Gasteiger partial charge on any atom is 0.251 e. The summed E-state index contributed by atoms with van der Waals surface area (Å²) in [7, 11) is -3.41. The predicted molar refractivity (Wildman–Crippen MR) is 119 cm³/mol. The summed E-state index contributed by atoms with van der Waals surface area (Å²) in [5.41, 5.74) is 1.48. The van der Waals surface area contributed by atoms with Crippen LogP contribution < -0.4 is 15.4 Å². The van der Waals surface area contributed by atoms with Crippen LogP contribution in [-0.4, -0.2) is 39.1 Å². The van der Waals surface area contributed by atoms with Gasteiger partial charge < -0.3 is 10.6 Å². The molecular weight excluding hydrogens is 402 g/mol. The molecule has 0 aliphatic carbocycles. The van der Waals surface area contributed by atoms with Crippen molar-refractivity contribution in [3.05, 3.63) is 65.7 Å². The third kappa shape index (κ3) is 7.96. The van der Waals surface area contributed by atoms with E-state index in [1.807, 2.05) is 51.1 Å². The number of anilines is 1. The molecule has 2 amide bonds. The molecule has 8 heteroatoms. The smallest absolute Gasteiger partial charge is 0.251 e. The van der Waals surface area contributed by atoms with Crippen LogP contribution in [0, 0.1) is 5.41 Å². The van der Waals surface area contributed by atoms with Crippen molar-refractivity contribution in [1.82, 2.24) is 10.0 Å². The normalized spacial score (nSPS) is 11.7. The van der Waals surface area contributed by atoms with E-state index in [0.29, 0.717) is 17.7 Å². The first-order valence-electron chi connectivity index (χ1n) is 9.78. The Morgan fingerprint density at radius 2 is 1.53 bits per heavy atom. The first-order valence-corrected chi connectivity index (χ1v) is 11.4. The summed E-state index contributed by atoms with van der Waals surface area (Å²) >= 11 is 0. The zero-order valence-corrected chi connectivity index (χ0v) is 18.4. The van der Waals surface area contributed by atoms with E-state index in [1.54, 1.807) is 24.3 Å². The van der Waals surface area contributed by atoms with Gasteiger partial charge in [0, 0.05) is 29.8 Å². The van der Waals surface area contributed by atoms with Crippen LogP contribution in [0.1, 0.15) is 36.7 Å². The highest BCUT2D eigenvalue weighted by molar-refractivity contribution is 7.89. The van der Waals surface area contributed by atoms with E-state index in [-0.39, 0.29) is 30.7 Å². The van der Waals surface area contributed by atoms with Crippen molar-refractivity contribution in [2.75, 3.05) is 24.2 Å². The molecule has 2 aromatic rings. The number of sulfonamides is 1. The summed E-state index contributed by atoms with van der Waals surface area (Å²) in [6.45, 7) is 5.74. The van der Waals surface area contributed by atoms with Crippen molar-refractivity contribution in [3.63, 3.8) is 0 Å². The van der Waals surface area contributed by atoms with Crippen molar-refractivity contribution in [2.24, 2.45) is 5.41 Å². The number of benzene rings is 2. The first-order chi connectivity index (χ1) is 14.1. The lowest BCUT2D eigenvalue weighted by atomic mass is 9.95. The number of carbonyl (C=O) groups excluding carboxylic acids is 2. The topological polar surface area (TPSA) is 104 Å². The molecule has 0 saturated heterocycles. The van der Waals surface area contributed by atoms with Crippen LogP contribution in [0.4, 0.5) is 5.69 Å². The third-order valence-corrected chi connectivity index (χ3v) is 5.71. The Morgan fingerprint density at radius 1 is 0.900 bits per heavy atom. The second-order valence-electron chi connectivity index (χ2n) is 7.99. The lowest BCUT2D eigenvalue weighted by Gasteiger charge is -2.17. The summed E-state index contributed by atoms with van der Waals surface area (Å²) in [4.78, 5) is 24.2. The van der Waals surface area contributed by atoms with Gasteiger partial charge in [-0.2, -0.15) is 0 Å². The van der Waals surface area contributed by atoms with E-state index in [9.17, 15) is 18.0 Å². The minimum absolute atomic E-state index is 0.00723. The summed E-state index contributed by atoms with van der Waals surface area (Å²) < 4.78 is 26.6. The molecule has 0 spiro atoms. The van der Waals surface area contributed by atoms with Crippen LogP contribution in [0.25, 0.3) is 0 Å². The first kappa shape index (κ1) is 23.6. The van der Waals surface area contributed by atoms with E-state index < -0.39 is 15.4 Å². The average molecular weight is 432 g/mol. The molecule has 0 aliphatic rings. The predicted octanol–water partition coefficient (Wildman–Crippen LogP) is 2.56. The fourth-order valence-electron chi connectivity index (χ4n) is 2.48. The Balaban J connectivity index is 1.74. The number of carbonyl (C=O) groups is 2. The number of hydrogen-bond donors (Lipinski definition) is 3. The monoisotopic (exact) mass is 431 g/mol. The molecule has 0 heterocycles. The summed E-state index contributed by atoms with van der Waals surface area (Å²) in [5.74, 6) is -0.432. The zero-order valence-electron chi connectivity index (χ0n) is 17.6. The molecule has 0 aromatic heterocycles. The standard InChI is InChI=1S/C22H29N3O4S/c1-22(2,3)21(27)25-19-11-9-18(10-12-19)20(26)23-14-15-24-30(28,29)16-13-17-7-5-4-6-8-17/h4-12,24H,13-16H2,1-3H3,(H,23,26)(H,25,27). The molecule has 2 aromatic carbocycles.